The number of hydrogen-bond acceptors (Lipinski definition) is 2. The number of fused-ring (bicyclic) bond motifs is 1. The summed E-state index contributed by atoms with van der Waals surface area (Å²) in [5.41, 5.74) is 1.85. The zero-order valence-corrected chi connectivity index (χ0v) is 6.71. The van der Waals surface area contributed by atoms with Gasteiger partial charge in [0.15, 0.2) is 0 Å². The molecule has 0 fully saturated rings. The standard InChI is InChI=1S/C7H6ClN3/c1-5-7-4-6(8)2-3-11(7)10-9-5/h2-4H,1H3. The summed E-state index contributed by atoms with van der Waals surface area (Å²) in [6, 6.07) is 3.62. The molecule has 3 nitrogen and oxygen atoms in total. The van der Waals surface area contributed by atoms with Crippen molar-refractivity contribution in [1.29, 1.82) is 0 Å². The van der Waals surface area contributed by atoms with Crippen LogP contribution in [-0.2, 0) is 0 Å². The van der Waals surface area contributed by atoms with Crippen LogP contribution in [0, 0.1) is 6.92 Å². The average molecular weight is 168 g/mol. The molecule has 0 aromatic carbocycles. The summed E-state index contributed by atoms with van der Waals surface area (Å²) in [4.78, 5) is 0. The Morgan fingerprint density at radius 3 is 3.18 bits per heavy atom. The predicted molar refractivity (Wildman–Crippen MR) is 42.7 cm³/mol. The zero-order chi connectivity index (χ0) is 7.84. The molecule has 2 rings (SSSR count). The normalized spacial score (nSPS) is 10.7. The first-order valence-electron chi connectivity index (χ1n) is 3.24. The van der Waals surface area contributed by atoms with Crippen molar-refractivity contribution in [2.24, 2.45) is 0 Å². The van der Waals surface area contributed by atoms with Gasteiger partial charge in [-0.2, -0.15) is 0 Å². The van der Waals surface area contributed by atoms with Gasteiger partial charge in [0.2, 0.25) is 0 Å². The largest absolute Gasteiger partial charge is 0.220 e. The van der Waals surface area contributed by atoms with Crippen LogP contribution in [0.2, 0.25) is 5.02 Å². The van der Waals surface area contributed by atoms with Gasteiger partial charge in [-0.15, -0.1) is 5.10 Å². The van der Waals surface area contributed by atoms with Gasteiger partial charge in [-0.3, -0.25) is 0 Å². The Labute approximate surface area is 68.6 Å². The van der Waals surface area contributed by atoms with Gasteiger partial charge in [-0.05, 0) is 19.1 Å². The maximum absolute atomic E-state index is 5.78. The van der Waals surface area contributed by atoms with Crippen molar-refractivity contribution in [2.45, 2.75) is 6.92 Å². The third kappa shape index (κ3) is 0.973. The SMILES string of the molecule is Cc1nnn2ccc(Cl)cc12. The minimum absolute atomic E-state index is 0.711. The third-order valence-corrected chi connectivity index (χ3v) is 1.79. The van der Waals surface area contributed by atoms with E-state index in [-0.39, 0.29) is 0 Å². The second-order valence-electron chi connectivity index (χ2n) is 2.35. The Morgan fingerprint density at radius 1 is 1.55 bits per heavy atom. The van der Waals surface area contributed by atoms with Crippen molar-refractivity contribution in [1.82, 2.24) is 14.8 Å². The molecule has 4 heteroatoms. The lowest BCUT2D eigenvalue weighted by Crippen LogP contribution is -1.84. The minimum atomic E-state index is 0.711. The molecule has 11 heavy (non-hydrogen) atoms. The number of pyridine rings is 1. The Bertz CT molecular complexity index is 393. The van der Waals surface area contributed by atoms with E-state index in [4.69, 9.17) is 11.6 Å². The summed E-state index contributed by atoms with van der Waals surface area (Å²) in [6.45, 7) is 1.90. The van der Waals surface area contributed by atoms with Gasteiger partial charge in [-0.1, -0.05) is 16.8 Å². The van der Waals surface area contributed by atoms with Crippen LogP contribution in [0.3, 0.4) is 0 Å². The molecule has 0 spiro atoms. The highest BCUT2D eigenvalue weighted by molar-refractivity contribution is 6.30. The average Bonchev–Trinajstić information content (AvgIpc) is 2.33. The molecular weight excluding hydrogens is 162 g/mol. The van der Waals surface area contributed by atoms with Gasteiger partial charge in [-0.25, -0.2) is 4.52 Å². The second-order valence-corrected chi connectivity index (χ2v) is 2.79. The van der Waals surface area contributed by atoms with Crippen LogP contribution in [0.4, 0.5) is 0 Å². The number of hydrogen-bond donors (Lipinski definition) is 0. The molecule has 0 amide bonds. The number of aryl methyl sites for hydroxylation is 1. The second kappa shape index (κ2) is 2.20. The van der Waals surface area contributed by atoms with Gasteiger partial charge < -0.3 is 0 Å². The van der Waals surface area contributed by atoms with Crippen LogP contribution in [0.25, 0.3) is 5.52 Å². The van der Waals surface area contributed by atoms with Crippen LogP contribution in [0.5, 0.6) is 0 Å². The number of aromatic nitrogens is 3. The molecule has 2 aromatic heterocycles. The fraction of sp³-hybridized carbons (Fsp3) is 0.143. The molecule has 2 heterocycles. The first-order valence-corrected chi connectivity index (χ1v) is 3.62. The number of rotatable bonds is 0. The molecule has 0 atom stereocenters. The fourth-order valence-corrected chi connectivity index (χ4v) is 1.14. The highest BCUT2D eigenvalue weighted by Gasteiger charge is 1.99. The molecule has 0 N–H and O–H groups in total. The lowest BCUT2D eigenvalue weighted by Gasteiger charge is -1.91. The van der Waals surface area contributed by atoms with E-state index in [1.165, 1.54) is 0 Å². The van der Waals surface area contributed by atoms with E-state index in [9.17, 15) is 0 Å². The van der Waals surface area contributed by atoms with Crippen LogP contribution in [0.15, 0.2) is 18.3 Å². The zero-order valence-electron chi connectivity index (χ0n) is 5.95. The van der Waals surface area contributed by atoms with Crippen molar-refractivity contribution in [3.63, 3.8) is 0 Å². The van der Waals surface area contributed by atoms with Crippen molar-refractivity contribution < 1.29 is 0 Å². The van der Waals surface area contributed by atoms with Crippen molar-refractivity contribution in [3.8, 4) is 0 Å². The van der Waals surface area contributed by atoms with E-state index in [1.54, 1.807) is 16.8 Å². The Balaban J connectivity index is 2.87. The van der Waals surface area contributed by atoms with Crippen molar-refractivity contribution in [3.05, 3.63) is 29.0 Å². The van der Waals surface area contributed by atoms with Crippen LogP contribution >= 0.6 is 11.6 Å². The van der Waals surface area contributed by atoms with Gasteiger partial charge in [0.1, 0.15) is 0 Å². The molecule has 0 aliphatic rings. The minimum Gasteiger partial charge on any atom is -0.220 e. The summed E-state index contributed by atoms with van der Waals surface area (Å²) in [5.74, 6) is 0. The van der Waals surface area contributed by atoms with Gasteiger partial charge in [0.25, 0.3) is 0 Å². The quantitative estimate of drug-likeness (QED) is 0.598. The summed E-state index contributed by atoms with van der Waals surface area (Å²) >= 11 is 5.78. The van der Waals surface area contributed by atoms with Crippen LogP contribution < -0.4 is 0 Å². The van der Waals surface area contributed by atoms with E-state index in [2.05, 4.69) is 10.3 Å². The number of nitrogens with zero attached hydrogens (tertiary/aromatic N) is 3. The van der Waals surface area contributed by atoms with Gasteiger partial charge >= 0.3 is 0 Å². The molecule has 0 saturated carbocycles. The van der Waals surface area contributed by atoms with Crippen molar-refractivity contribution in [2.75, 3.05) is 0 Å². The number of halogens is 1. The molecule has 0 aliphatic carbocycles. The molecule has 56 valence electrons. The summed E-state index contributed by atoms with van der Waals surface area (Å²) in [5, 5.41) is 8.47. The lowest BCUT2D eigenvalue weighted by molar-refractivity contribution is 0.849. The van der Waals surface area contributed by atoms with E-state index >= 15 is 0 Å². The first kappa shape index (κ1) is 6.61. The molecule has 2 aromatic rings. The summed E-state index contributed by atoms with van der Waals surface area (Å²) in [6.07, 6.45) is 1.79. The highest BCUT2D eigenvalue weighted by Crippen LogP contribution is 2.12. The topological polar surface area (TPSA) is 30.2 Å². The van der Waals surface area contributed by atoms with E-state index in [0.717, 1.165) is 11.2 Å². The lowest BCUT2D eigenvalue weighted by atomic mass is 10.3. The summed E-state index contributed by atoms with van der Waals surface area (Å²) < 4.78 is 1.70. The smallest absolute Gasteiger partial charge is 0.0908 e. The molecule has 0 unspecified atom stereocenters. The molecular formula is C7H6ClN3. The van der Waals surface area contributed by atoms with E-state index < -0.39 is 0 Å². The molecule has 0 saturated heterocycles. The first-order chi connectivity index (χ1) is 5.27. The maximum atomic E-state index is 5.78. The Hall–Kier alpha value is -1.09. The maximum Gasteiger partial charge on any atom is 0.0908 e. The Morgan fingerprint density at radius 2 is 2.36 bits per heavy atom. The van der Waals surface area contributed by atoms with Crippen molar-refractivity contribution >= 4 is 17.1 Å². The predicted octanol–water partition coefficient (Wildman–Crippen LogP) is 1.69. The molecule has 0 bridgehead atoms. The van der Waals surface area contributed by atoms with Crippen LogP contribution in [0.1, 0.15) is 5.69 Å². The third-order valence-electron chi connectivity index (χ3n) is 1.56. The highest BCUT2D eigenvalue weighted by atomic mass is 35.5. The van der Waals surface area contributed by atoms with E-state index in [0.29, 0.717) is 5.02 Å². The Kier molecular flexibility index (Phi) is 1.32. The van der Waals surface area contributed by atoms with E-state index in [1.807, 2.05) is 13.0 Å². The molecule has 0 aliphatic heterocycles. The van der Waals surface area contributed by atoms with Gasteiger partial charge in [0, 0.05) is 11.2 Å². The van der Waals surface area contributed by atoms with Crippen LogP contribution in [-0.4, -0.2) is 14.8 Å². The van der Waals surface area contributed by atoms with Gasteiger partial charge in [0.05, 0.1) is 11.2 Å². The monoisotopic (exact) mass is 167 g/mol. The summed E-state index contributed by atoms with van der Waals surface area (Å²) in [7, 11) is 0. The fourth-order valence-electron chi connectivity index (χ4n) is 0.982. The molecule has 0 radical (unpaired) electrons.